The van der Waals surface area contributed by atoms with Crippen molar-refractivity contribution in [3.05, 3.63) is 89.1 Å². The van der Waals surface area contributed by atoms with Gasteiger partial charge in [-0.05, 0) is 62.6 Å². The molecule has 3 aromatic carbocycles. The van der Waals surface area contributed by atoms with E-state index < -0.39 is 29.7 Å². The van der Waals surface area contributed by atoms with Crippen molar-refractivity contribution in [3.8, 4) is 28.4 Å². The van der Waals surface area contributed by atoms with Gasteiger partial charge in [0.25, 0.3) is 11.8 Å². The van der Waals surface area contributed by atoms with Crippen LogP contribution in [0.1, 0.15) is 63.0 Å². The number of hydrogen-bond acceptors (Lipinski definition) is 10. The molecule has 2 fully saturated rings. The third-order valence-corrected chi connectivity index (χ3v) is 10.7. The van der Waals surface area contributed by atoms with E-state index in [0.29, 0.717) is 37.4 Å². The molecular formula is C42H42N8O7. The number of amides is 5. The number of nitrogens with zero attached hydrogens (tertiary/aromatic N) is 4. The maximum absolute atomic E-state index is 13.3. The van der Waals surface area contributed by atoms with Crippen LogP contribution in [0.4, 0.5) is 5.69 Å². The molecule has 0 bridgehead atoms. The van der Waals surface area contributed by atoms with E-state index in [1.807, 2.05) is 43.3 Å². The molecule has 292 valence electrons. The van der Waals surface area contributed by atoms with Crippen molar-refractivity contribution in [2.45, 2.75) is 39.2 Å². The van der Waals surface area contributed by atoms with Crippen molar-refractivity contribution < 1.29 is 33.5 Å². The lowest BCUT2D eigenvalue weighted by atomic mass is 9.98. The first-order valence-electron chi connectivity index (χ1n) is 19.1. The van der Waals surface area contributed by atoms with Gasteiger partial charge in [-0.1, -0.05) is 36.4 Å². The third kappa shape index (κ3) is 7.29. The van der Waals surface area contributed by atoms with Crippen LogP contribution in [-0.4, -0.2) is 112 Å². The van der Waals surface area contributed by atoms with E-state index >= 15 is 0 Å². The number of ether oxygens (including phenoxy) is 1. The fourth-order valence-corrected chi connectivity index (χ4v) is 7.96. The topological polar surface area (TPSA) is 190 Å². The number of aromatic nitrogens is 3. The minimum atomic E-state index is -1.06. The van der Waals surface area contributed by atoms with Crippen molar-refractivity contribution in [1.82, 2.24) is 35.4 Å². The van der Waals surface area contributed by atoms with Crippen LogP contribution in [0.3, 0.4) is 0 Å². The fraction of sp³-hybridized carbons (Fsp3) is 0.310. The Morgan fingerprint density at radius 2 is 1.70 bits per heavy atom. The lowest BCUT2D eigenvalue weighted by Crippen LogP contribution is -2.54. The monoisotopic (exact) mass is 770 g/mol. The number of Topliss-reactive ketones (excluding diaryl/α,β-unsaturated/α-hetero) is 1. The number of imide groups is 2. The second-order valence-electron chi connectivity index (χ2n) is 14.5. The van der Waals surface area contributed by atoms with Crippen molar-refractivity contribution in [1.29, 1.82) is 0 Å². The molecule has 5 amide bonds. The molecule has 0 radical (unpaired) electrons. The Hall–Kier alpha value is -6.61. The molecular weight excluding hydrogens is 729 g/mol. The van der Waals surface area contributed by atoms with Gasteiger partial charge in [-0.25, -0.2) is 4.98 Å². The summed E-state index contributed by atoms with van der Waals surface area (Å²) in [4.78, 5) is 92.9. The van der Waals surface area contributed by atoms with E-state index in [0.717, 1.165) is 57.2 Å². The molecule has 5 aromatic rings. The Morgan fingerprint density at radius 1 is 0.912 bits per heavy atom. The molecule has 0 saturated carbocycles. The van der Waals surface area contributed by atoms with Gasteiger partial charge in [-0.15, -0.1) is 0 Å². The van der Waals surface area contributed by atoms with Gasteiger partial charge in [0.15, 0.2) is 11.6 Å². The first-order chi connectivity index (χ1) is 27.6. The molecule has 8 rings (SSSR count). The number of aryl methyl sites for hydroxylation is 1. The number of benzene rings is 3. The molecule has 3 aliphatic heterocycles. The van der Waals surface area contributed by atoms with E-state index in [9.17, 15) is 28.8 Å². The maximum Gasteiger partial charge on any atom is 0.266 e. The zero-order valence-corrected chi connectivity index (χ0v) is 31.6. The number of ketones is 1. The smallest absolute Gasteiger partial charge is 0.266 e. The number of rotatable bonds is 12. The van der Waals surface area contributed by atoms with Crippen molar-refractivity contribution >= 4 is 52.0 Å². The SMILES string of the molecule is CC(=O)c1c(C)[nH]c(-c2nc3ccc(N4CCN(CC(=O)NCCCOc5cccc6c5C(=O)N(C5CCC(=O)NC5=O)C6=O)CC4)cc3[nH]2)c1-c1ccccc1. The van der Waals surface area contributed by atoms with Crippen LogP contribution in [0.15, 0.2) is 66.7 Å². The summed E-state index contributed by atoms with van der Waals surface area (Å²) in [5, 5.41) is 5.13. The van der Waals surface area contributed by atoms with Gasteiger partial charge in [-0.2, -0.15) is 0 Å². The zero-order valence-electron chi connectivity index (χ0n) is 31.6. The van der Waals surface area contributed by atoms with Gasteiger partial charge in [0.05, 0.1) is 41.0 Å². The quantitative estimate of drug-likeness (QED) is 0.0824. The molecule has 15 nitrogen and oxygen atoms in total. The van der Waals surface area contributed by atoms with Crippen LogP contribution >= 0.6 is 0 Å². The van der Waals surface area contributed by atoms with Crippen molar-refractivity contribution in [2.75, 3.05) is 50.8 Å². The van der Waals surface area contributed by atoms with Crippen molar-refractivity contribution in [2.24, 2.45) is 0 Å². The number of piperidine rings is 1. The number of H-pyrrole nitrogens is 2. The van der Waals surface area contributed by atoms with Gasteiger partial charge in [0.2, 0.25) is 17.7 Å². The summed E-state index contributed by atoms with van der Waals surface area (Å²) in [5.74, 6) is -1.55. The first kappa shape index (κ1) is 37.3. The second-order valence-corrected chi connectivity index (χ2v) is 14.5. The highest BCUT2D eigenvalue weighted by atomic mass is 16.5. The van der Waals surface area contributed by atoms with Gasteiger partial charge in [0.1, 0.15) is 11.8 Å². The summed E-state index contributed by atoms with van der Waals surface area (Å²) in [5.41, 5.74) is 7.00. The molecule has 3 aliphatic rings. The van der Waals surface area contributed by atoms with Gasteiger partial charge in [0, 0.05) is 61.7 Å². The van der Waals surface area contributed by atoms with Gasteiger partial charge >= 0.3 is 0 Å². The number of nitrogens with one attached hydrogen (secondary N) is 4. The highest BCUT2D eigenvalue weighted by molar-refractivity contribution is 6.24. The Labute approximate surface area is 327 Å². The number of fused-ring (bicyclic) bond motifs is 2. The molecule has 2 aromatic heterocycles. The van der Waals surface area contributed by atoms with Crippen LogP contribution in [0.5, 0.6) is 5.75 Å². The van der Waals surface area contributed by atoms with E-state index in [2.05, 4.69) is 42.5 Å². The largest absolute Gasteiger partial charge is 0.493 e. The van der Waals surface area contributed by atoms with Crippen LogP contribution in [0, 0.1) is 6.92 Å². The van der Waals surface area contributed by atoms with Crippen LogP contribution in [-0.2, 0) is 14.4 Å². The van der Waals surface area contributed by atoms with E-state index in [1.54, 1.807) is 19.1 Å². The summed E-state index contributed by atoms with van der Waals surface area (Å²) < 4.78 is 5.88. The number of imidazole rings is 1. The molecule has 15 heteroatoms. The van der Waals surface area contributed by atoms with E-state index in [1.165, 1.54) is 6.07 Å². The Bertz CT molecular complexity index is 2430. The minimum Gasteiger partial charge on any atom is -0.493 e. The molecule has 0 spiro atoms. The molecule has 5 heterocycles. The predicted octanol–water partition coefficient (Wildman–Crippen LogP) is 3.84. The third-order valence-electron chi connectivity index (χ3n) is 10.7. The van der Waals surface area contributed by atoms with Crippen LogP contribution in [0.2, 0.25) is 0 Å². The Balaban J connectivity index is 0.816. The highest BCUT2D eigenvalue weighted by Gasteiger charge is 2.46. The summed E-state index contributed by atoms with van der Waals surface area (Å²) in [6, 6.07) is 19.7. The van der Waals surface area contributed by atoms with Gasteiger partial charge < -0.3 is 24.9 Å². The number of anilines is 1. The molecule has 57 heavy (non-hydrogen) atoms. The average molecular weight is 771 g/mol. The minimum absolute atomic E-state index is 0.0102. The molecule has 1 unspecified atom stereocenters. The molecule has 0 aliphatic carbocycles. The second kappa shape index (κ2) is 15.5. The summed E-state index contributed by atoms with van der Waals surface area (Å²) in [6.45, 7) is 7.20. The number of aromatic amines is 2. The van der Waals surface area contributed by atoms with Crippen LogP contribution in [0.25, 0.3) is 33.7 Å². The Morgan fingerprint density at radius 3 is 2.46 bits per heavy atom. The number of piperazine rings is 1. The lowest BCUT2D eigenvalue weighted by molar-refractivity contribution is -0.136. The predicted molar refractivity (Wildman–Crippen MR) is 211 cm³/mol. The summed E-state index contributed by atoms with van der Waals surface area (Å²) >= 11 is 0. The summed E-state index contributed by atoms with van der Waals surface area (Å²) in [7, 11) is 0. The Kier molecular flexibility index (Phi) is 10.1. The van der Waals surface area contributed by atoms with Gasteiger partial charge in [-0.3, -0.25) is 43.9 Å². The first-order valence-corrected chi connectivity index (χ1v) is 19.1. The van der Waals surface area contributed by atoms with Crippen LogP contribution < -0.4 is 20.3 Å². The van der Waals surface area contributed by atoms with E-state index in [4.69, 9.17) is 9.72 Å². The zero-order chi connectivity index (χ0) is 39.8. The number of carbonyl (C=O) groups is 6. The van der Waals surface area contributed by atoms with Crippen molar-refractivity contribution in [3.63, 3.8) is 0 Å². The fourth-order valence-electron chi connectivity index (χ4n) is 7.96. The number of carbonyl (C=O) groups excluding carboxylic acids is 6. The molecule has 1 atom stereocenters. The normalized spacial score (nSPS) is 17.3. The summed E-state index contributed by atoms with van der Waals surface area (Å²) in [6.07, 6.45) is 0.579. The maximum atomic E-state index is 13.3. The number of hydrogen-bond donors (Lipinski definition) is 4. The van der Waals surface area contributed by atoms with E-state index in [-0.39, 0.29) is 54.6 Å². The highest BCUT2D eigenvalue weighted by Crippen LogP contribution is 2.37. The molecule has 4 N–H and O–H groups in total. The lowest BCUT2D eigenvalue weighted by Gasteiger charge is -2.35. The standard InChI is InChI=1S/C42H42N8O7/c1-24-35(25(2)51)36(26-8-4-3-5-9-26)38(44-24)39-45-29-13-12-27(22-30(29)46-39)49-19-17-48(18-20-49)23-34(53)43-16-7-21-57-32-11-6-10-28-37(32)42(56)50(41(28)55)31-14-15-33(52)47-40(31)54/h3-6,8-13,22,31,44H,7,14-21,23H2,1-2H3,(H,43,53)(H,45,46)(H,47,52,54). The average Bonchev–Trinajstić information content (AvgIpc) is 3.86. The molecule has 2 saturated heterocycles.